The van der Waals surface area contributed by atoms with Crippen LogP contribution in [-0.4, -0.2) is 31.6 Å². The summed E-state index contributed by atoms with van der Waals surface area (Å²) in [6.45, 7) is 1.52. The zero-order valence-electron chi connectivity index (χ0n) is 15.4. The maximum Gasteiger partial charge on any atom is 0.253 e. The van der Waals surface area contributed by atoms with Gasteiger partial charge in [-0.1, -0.05) is 30.3 Å². The molecule has 1 heterocycles. The Labute approximate surface area is 158 Å². The summed E-state index contributed by atoms with van der Waals surface area (Å²) >= 11 is 0. The van der Waals surface area contributed by atoms with Crippen molar-refractivity contribution in [3.05, 3.63) is 65.2 Å². The fourth-order valence-corrected chi connectivity index (χ4v) is 3.05. The normalized spacial score (nSPS) is 16.1. The molecule has 1 saturated heterocycles. The Bertz CT molecular complexity index is 800. The van der Waals surface area contributed by atoms with Crippen molar-refractivity contribution in [3.63, 3.8) is 0 Å². The van der Waals surface area contributed by atoms with Crippen LogP contribution in [0.15, 0.2) is 48.5 Å². The molecular formula is C21H24N2O4. The minimum Gasteiger partial charge on any atom is -0.380 e. The van der Waals surface area contributed by atoms with E-state index in [1.54, 1.807) is 31.4 Å². The van der Waals surface area contributed by atoms with E-state index < -0.39 is 6.10 Å². The average molecular weight is 368 g/mol. The van der Waals surface area contributed by atoms with E-state index in [0.29, 0.717) is 31.0 Å². The molecule has 0 aromatic heterocycles. The number of amides is 2. The van der Waals surface area contributed by atoms with Crippen molar-refractivity contribution in [1.82, 2.24) is 5.32 Å². The highest BCUT2D eigenvalue weighted by molar-refractivity contribution is 5.98. The molecule has 27 heavy (non-hydrogen) atoms. The minimum atomic E-state index is -0.403. The van der Waals surface area contributed by atoms with Gasteiger partial charge in [0.25, 0.3) is 11.8 Å². The highest BCUT2D eigenvalue weighted by Gasteiger charge is 2.23. The summed E-state index contributed by atoms with van der Waals surface area (Å²) < 4.78 is 10.6. The van der Waals surface area contributed by atoms with Gasteiger partial charge in [-0.25, -0.2) is 0 Å². The van der Waals surface area contributed by atoms with Crippen LogP contribution < -0.4 is 10.6 Å². The van der Waals surface area contributed by atoms with E-state index in [-0.39, 0.29) is 11.8 Å². The summed E-state index contributed by atoms with van der Waals surface area (Å²) in [5.41, 5.74) is 3.13. The molecule has 2 aromatic carbocycles. The predicted octanol–water partition coefficient (Wildman–Crippen LogP) is 2.88. The smallest absolute Gasteiger partial charge is 0.253 e. The third-order valence-electron chi connectivity index (χ3n) is 4.47. The minimum absolute atomic E-state index is 0.168. The predicted molar refractivity (Wildman–Crippen MR) is 102 cm³/mol. The Morgan fingerprint density at radius 1 is 1.15 bits per heavy atom. The second-order valence-corrected chi connectivity index (χ2v) is 6.46. The topological polar surface area (TPSA) is 76.7 Å². The standard InChI is InChI=1S/C21H24N2O4/c1-26-14-17-7-3-2-6-16(17)13-22-20(24)15-8-4-9-18(12-15)23-21(25)19-10-5-11-27-19/h2-4,6-9,12,19H,5,10-11,13-14H2,1H3,(H,22,24)(H,23,25). The lowest BCUT2D eigenvalue weighted by Crippen LogP contribution is -2.27. The molecule has 6 heteroatoms. The summed E-state index contributed by atoms with van der Waals surface area (Å²) in [7, 11) is 1.64. The number of benzene rings is 2. The number of anilines is 1. The van der Waals surface area contributed by atoms with Gasteiger partial charge in [0.2, 0.25) is 0 Å². The van der Waals surface area contributed by atoms with Crippen molar-refractivity contribution in [2.24, 2.45) is 0 Å². The van der Waals surface area contributed by atoms with Crippen LogP contribution in [-0.2, 0) is 27.4 Å². The largest absolute Gasteiger partial charge is 0.380 e. The first-order valence-electron chi connectivity index (χ1n) is 9.04. The number of carbonyl (C=O) groups is 2. The molecule has 1 unspecified atom stereocenters. The number of methoxy groups -OCH3 is 1. The van der Waals surface area contributed by atoms with Crippen molar-refractivity contribution < 1.29 is 19.1 Å². The van der Waals surface area contributed by atoms with Crippen molar-refractivity contribution in [2.45, 2.75) is 32.1 Å². The third kappa shape index (κ3) is 5.15. The van der Waals surface area contributed by atoms with Crippen molar-refractivity contribution in [1.29, 1.82) is 0 Å². The van der Waals surface area contributed by atoms with Gasteiger partial charge in [-0.05, 0) is 42.2 Å². The van der Waals surface area contributed by atoms with Gasteiger partial charge in [0.15, 0.2) is 0 Å². The molecule has 0 radical (unpaired) electrons. The Hall–Kier alpha value is -2.70. The van der Waals surface area contributed by atoms with Gasteiger partial charge >= 0.3 is 0 Å². The summed E-state index contributed by atoms with van der Waals surface area (Å²) in [6.07, 6.45) is 1.22. The van der Waals surface area contributed by atoms with Gasteiger partial charge in [0, 0.05) is 31.5 Å². The quantitative estimate of drug-likeness (QED) is 0.788. The van der Waals surface area contributed by atoms with E-state index in [1.165, 1.54) is 0 Å². The maximum atomic E-state index is 12.5. The van der Waals surface area contributed by atoms with Gasteiger partial charge in [-0.15, -0.1) is 0 Å². The first-order chi connectivity index (χ1) is 13.2. The number of carbonyl (C=O) groups excluding carboxylic acids is 2. The van der Waals surface area contributed by atoms with Crippen LogP contribution in [0.3, 0.4) is 0 Å². The molecular weight excluding hydrogens is 344 g/mol. The second-order valence-electron chi connectivity index (χ2n) is 6.46. The Kier molecular flexibility index (Phi) is 6.57. The molecule has 2 amide bonds. The van der Waals surface area contributed by atoms with Crippen LogP contribution in [0.2, 0.25) is 0 Å². The van der Waals surface area contributed by atoms with Crippen LogP contribution in [0, 0.1) is 0 Å². The number of rotatable bonds is 7. The van der Waals surface area contributed by atoms with E-state index >= 15 is 0 Å². The summed E-state index contributed by atoms with van der Waals surface area (Å²) in [5.74, 6) is -0.367. The van der Waals surface area contributed by atoms with Crippen LogP contribution >= 0.6 is 0 Å². The molecule has 1 aliphatic heterocycles. The fourth-order valence-electron chi connectivity index (χ4n) is 3.05. The lowest BCUT2D eigenvalue weighted by atomic mass is 10.1. The van der Waals surface area contributed by atoms with Crippen LogP contribution in [0.25, 0.3) is 0 Å². The molecule has 1 aliphatic rings. The average Bonchev–Trinajstić information content (AvgIpc) is 3.22. The fraction of sp³-hybridized carbons (Fsp3) is 0.333. The molecule has 6 nitrogen and oxygen atoms in total. The van der Waals surface area contributed by atoms with Gasteiger partial charge < -0.3 is 20.1 Å². The molecule has 0 spiro atoms. The van der Waals surface area contributed by atoms with E-state index in [9.17, 15) is 9.59 Å². The molecule has 0 aliphatic carbocycles. The lowest BCUT2D eigenvalue weighted by Gasteiger charge is -2.12. The van der Waals surface area contributed by atoms with E-state index in [2.05, 4.69) is 10.6 Å². The van der Waals surface area contributed by atoms with Crippen molar-refractivity contribution in [2.75, 3.05) is 19.0 Å². The Morgan fingerprint density at radius 2 is 1.96 bits per heavy atom. The number of hydrogen-bond donors (Lipinski definition) is 2. The molecule has 1 fully saturated rings. The molecule has 1 atom stereocenters. The van der Waals surface area contributed by atoms with E-state index in [1.807, 2.05) is 24.3 Å². The molecule has 2 N–H and O–H groups in total. The molecule has 0 bridgehead atoms. The molecule has 0 saturated carbocycles. The first-order valence-corrected chi connectivity index (χ1v) is 9.04. The number of hydrogen-bond acceptors (Lipinski definition) is 4. The van der Waals surface area contributed by atoms with E-state index in [4.69, 9.17) is 9.47 Å². The number of ether oxygens (including phenoxy) is 2. The van der Waals surface area contributed by atoms with Crippen molar-refractivity contribution in [3.8, 4) is 0 Å². The zero-order chi connectivity index (χ0) is 19.1. The Morgan fingerprint density at radius 3 is 2.70 bits per heavy atom. The van der Waals surface area contributed by atoms with Crippen LogP contribution in [0.1, 0.15) is 34.3 Å². The van der Waals surface area contributed by atoms with Gasteiger partial charge in [0.05, 0.1) is 6.61 Å². The van der Waals surface area contributed by atoms with Gasteiger partial charge in [-0.2, -0.15) is 0 Å². The highest BCUT2D eigenvalue weighted by atomic mass is 16.5. The van der Waals surface area contributed by atoms with Crippen LogP contribution in [0.4, 0.5) is 5.69 Å². The first kappa shape index (κ1) is 19.1. The van der Waals surface area contributed by atoms with Crippen molar-refractivity contribution >= 4 is 17.5 Å². The summed E-state index contributed by atoms with van der Waals surface area (Å²) in [5, 5.41) is 5.74. The molecule has 3 rings (SSSR count). The molecule has 142 valence electrons. The molecule has 2 aromatic rings. The second kappa shape index (κ2) is 9.30. The zero-order valence-corrected chi connectivity index (χ0v) is 15.4. The summed E-state index contributed by atoms with van der Waals surface area (Å²) in [4.78, 5) is 24.7. The van der Waals surface area contributed by atoms with Gasteiger partial charge in [0.1, 0.15) is 6.10 Å². The van der Waals surface area contributed by atoms with Gasteiger partial charge in [-0.3, -0.25) is 9.59 Å². The Balaban J connectivity index is 1.61. The van der Waals surface area contributed by atoms with E-state index in [0.717, 1.165) is 24.0 Å². The third-order valence-corrected chi connectivity index (χ3v) is 4.47. The summed E-state index contributed by atoms with van der Waals surface area (Å²) in [6, 6.07) is 14.7. The SMILES string of the molecule is COCc1ccccc1CNC(=O)c1cccc(NC(=O)C2CCCO2)c1. The number of nitrogens with one attached hydrogen (secondary N) is 2. The maximum absolute atomic E-state index is 12.5. The highest BCUT2D eigenvalue weighted by Crippen LogP contribution is 2.16. The monoisotopic (exact) mass is 368 g/mol. The lowest BCUT2D eigenvalue weighted by molar-refractivity contribution is -0.124. The van der Waals surface area contributed by atoms with Crippen LogP contribution in [0.5, 0.6) is 0 Å².